The number of rotatable bonds is 8. The molecule has 2 saturated carbocycles. The Morgan fingerprint density at radius 1 is 1.09 bits per heavy atom. The van der Waals surface area contributed by atoms with Crippen LogP contribution in [0.5, 0.6) is 17.6 Å². The molecule has 13 heteroatoms. The fraction of sp³-hybridized carbons (Fsp3) is 0.550. The Morgan fingerprint density at radius 3 is 2.68 bits per heavy atom. The van der Waals surface area contributed by atoms with Crippen LogP contribution in [0.3, 0.4) is 0 Å². The van der Waals surface area contributed by atoms with Crippen molar-refractivity contribution >= 4 is 27.5 Å². The first kappa shape index (κ1) is 35.6. The maximum atomic E-state index is 17.3. The third-order valence-electron chi connectivity index (χ3n) is 12.0. The summed E-state index contributed by atoms with van der Waals surface area (Å²) in [5.41, 5.74) is -1.06. The van der Waals surface area contributed by atoms with Crippen molar-refractivity contribution in [2.75, 3.05) is 51.5 Å². The highest BCUT2D eigenvalue weighted by Crippen LogP contribution is 2.51. The Bertz CT molecular complexity index is 2100. The van der Waals surface area contributed by atoms with Gasteiger partial charge < -0.3 is 29.3 Å². The van der Waals surface area contributed by atoms with E-state index >= 15 is 8.78 Å². The molecule has 53 heavy (non-hydrogen) atoms. The molecule has 2 aromatic heterocycles. The predicted molar refractivity (Wildman–Crippen MR) is 195 cm³/mol. The van der Waals surface area contributed by atoms with E-state index in [1.165, 1.54) is 25.3 Å². The summed E-state index contributed by atoms with van der Waals surface area (Å²) in [7, 11) is 1.42. The second kappa shape index (κ2) is 13.8. The number of ether oxygens (including phenoxy) is 3. The highest BCUT2D eigenvalue weighted by atomic mass is 19.1. The fourth-order valence-electron chi connectivity index (χ4n) is 9.49. The number of aromatic nitrogens is 3. The number of nitriles is 1. The molecule has 4 aliphatic rings. The number of β-amino-alcohol motifs (C(OH)–C–C–N with tert-alkyl or cyclic N) is 1. The summed E-state index contributed by atoms with van der Waals surface area (Å²) < 4.78 is 50.6. The molecule has 0 radical (unpaired) electrons. The molecule has 0 spiro atoms. The normalized spacial score (nSPS) is 27.6. The maximum Gasteiger partial charge on any atom is 0.319 e. The van der Waals surface area contributed by atoms with Crippen LogP contribution in [-0.4, -0.2) is 94.3 Å². The Balaban J connectivity index is 1.26. The van der Waals surface area contributed by atoms with Crippen LogP contribution >= 0.6 is 0 Å². The molecule has 2 saturated heterocycles. The first-order chi connectivity index (χ1) is 25.5. The van der Waals surface area contributed by atoms with Gasteiger partial charge in [-0.2, -0.15) is 15.2 Å². The van der Waals surface area contributed by atoms with Crippen LogP contribution in [0.25, 0.3) is 32.9 Å². The largest absolute Gasteiger partial charge is 0.508 e. The average molecular weight is 729 g/mol. The van der Waals surface area contributed by atoms with Gasteiger partial charge in [0.1, 0.15) is 39.6 Å². The van der Waals surface area contributed by atoms with Crippen molar-refractivity contribution in [3.05, 3.63) is 41.5 Å². The summed E-state index contributed by atoms with van der Waals surface area (Å²) in [6.07, 6.45) is 7.28. The smallest absolute Gasteiger partial charge is 0.319 e. The minimum absolute atomic E-state index is 0.0122. The molecule has 4 fully saturated rings. The highest BCUT2D eigenvalue weighted by Gasteiger charge is 2.51. The number of phenols is 1. The molecule has 2 aliphatic heterocycles. The van der Waals surface area contributed by atoms with Gasteiger partial charge in [0.25, 0.3) is 0 Å². The zero-order valence-corrected chi connectivity index (χ0v) is 30.5. The molecule has 2 N–H and O–H groups in total. The number of hydrogen-bond acceptors (Lipinski definition) is 11. The minimum atomic E-state index is -1.23. The van der Waals surface area contributed by atoms with Crippen LogP contribution < -0.4 is 14.4 Å². The Morgan fingerprint density at radius 2 is 1.91 bits per heavy atom. The topological polar surface area (TPSA) is 137 Å². The molecule has 0 amide bonds. The Labute approximate surface area is 307 Å². The lowest BCUT2D eigenvalue weighted by Gasteiger charge is -2.52. The molecule has 2 aromatic carbocycles. The van der Waals surface area contributed by atoms with E-state index in [0.29, 0.717) is 54.6 Å². The van der Waals surface area contributed by atoms with E-state index in [9.17, 15) is 15.5 Å². The Hall–Kier alpha value is -4.38. The summed E-state index contributed by atoms with van der Waals surface area (Å²) in [6.45, 7) is 5.73. The van der Waals surface area contributed by atoms with Crippen LogP contribution in [0.4, 0.5) is 14.6 Å². The van der Waals surface area contributed by atoms with E-state index in [1.807, 2.05) is 11.8 Å². The van der Waals surface area contributed by atoms with Crippen molar-refractivity contribution in [2.24, 2.45) is 11.3 Å². The third kappa shape index (κ3) is 6.28. The number of methoxy groups -OCH3 is 1. The summed E-state index contributed by atoms with van der Waals surface area (Å²) in [5, 5.41) is 32.5. The third-order valence-corrected chi connectivity index (χ3v) is 12.0. The summed E-state index contributed by atoms with van der Waals surface area (Å²) in [4.78, 5) is 18.7. The number of pyridine rings is 1. The fourth-order valence-corrected chi connectivity index (χ4v) is 9.49. The van der Waals surface area contributed by atoms with Gasteiger partial charge in [-0.1, -0.05) is 19.4 Å². The monoisotopic (exact) mass is 728 g/mol. The zero-order chi connectivity index (χ0) is 37.1. The highest BCUT2D eigenvalue weighted by molar-refractivity contribution is 6.03. The van der Waals surface area contributed by atoms with Gasteiger partial charge in [-0.05, 0) is 92.9 Å². The minimum Gasteiger partial charge on any atom is -0.508 e. The first-order valence-electron chi connectivity index (χ1n) is 18.8. The van der Waals surface area contributed by atoms with Crippen LogP contribution in [0.1, 0.15) is 64.4 Å². The van der Waals surface area contributed by atoms with Gasteiger partial charge in [0.15, 0.2) is 5.82 Å². The second-order valence-corrected chi connectivity index (χ2v) is 15.6. The summed E-state index contributed by atoms with van der Waals surface area (Å²) in [5.74, 6) is -0.929. The van der Waals surface area contributed by atoms with Crippen LogP contribution in [-0.2, 0) is 11.2 Å². The van der Waals surface area contributed by atoms with Crippen molar-refractivity contribution in [3.8, 4) is 35.0 Å². The number of anilines is 1. The van der Waals surface area contributed by atoms with Gasteiger partial charge in [0.05, 0.1) is 39.5 Å². The van der Waals surface area contributed by atoms with Crippen molar-refractivity contribution in [1.29, 1.82) is 5.26 Å². The van der Waals surface area contributed by atoms with E-state index in [2.05, 4.69) is 16.0 Å². The lowest BCUT2D eigenvalue weighted by Crippen LogP contribution is -2.58. The zero-order valence-electron chi connectivity index (χ0n) is 30.5. The molecule has 4 aromatic rings. The molecular formula is C40H46F2N6O5. The number of aromatic hydroxyl groups is 1. The van der Waals surface area contributed by atoms with Crippen LogP contribution in [0.2, 0.25) is 0 Å². The number of likely N-dealkylation sites (tertiary alicyclic amines) is 1. The van der Waals surface area contributed by atoms with Crippen molar-refractivity contribution in [2.45, 2.75) is 82.9 Å². The van der Waals surface area contributed by atoms with E-state index in [-0.39, 0.29) is 70.1 Å². The number of benzene rings is 2. The molecule has 3 unspecified atom stereocenters. The van der Waals surface area contributed by atoms with Crippen molar-refractivity contribution < 1.29 is 33.2 Å². The van der Waals surface area contributed by atoms with Gasteiger partial charge in [-0.15, -0.1) is 0 Å². The van der Waals surface area contributed by atoms with Crippen LogP contribution in [0, 0.1) is 34.3 Å². The van der Waals surface area contributed by atoms with Crippen LogP contribution in [0.15, 0.2) is 24.3 Å². The molecule has 2 aliphatic carbocycles. The number of aryl methyl sites for hydroxylation is 1. The van der Waals surface area contributed by atoms with E-state index < -0.39 is 17.2 Å². The van der Waals surface area contributed by atoms with Gasteiger partial charge in [0, 0.05) is 35.5 Å². The molecule has 8 rings (SSSR count). The quantitative estimate of drug-likeness (QED) is 0.212. The van der Waals surface area contributed by atoms with Gasteiger partial charge in [-0.3, -0.25) is 4.90 Å². The number of hydrogen-bond donors (Lipinski definition) is 2. The lowest BCUT2D eigenvalue weighted by atomic mass is 9.72. The number of piperidine rings is 1. The molecule has 280 valence electrons. The molecule has 11 nitrogen and oxygen atoms in total. The first-order valence-corrected chi connectivity index (χ1v) is 18.8. The number of halogens is 2. The average Bonchev–Trinajstić information content (AvgIpc) is 3.47. The molecular weight excluding hydrogens is 682 g/mol. The number of aliphatic hydroxyl groups is 1. The van der Waals surface area contributed by atoms with Gasteiger partial charge in [-0.25, -0.2) is 13.8 Å². The van der Waals surface area contributed by atoms with Crippen molar-refractivity contribution in [1.82, 2.24) is 19.9 Å². The Kier molecular flexibility index (Phi) is 9.28. The van der Waals surface area contributed by atoms with E-state index in [4.69, 9.17) is 24.2 Å². The predicted octanol–water partition coefficient (Wildman–Crippen LogP) is 6.30. The lowest BCUT2D eigenvalue weighted by molar-refractivity contribution is -0.0472. The molecule has 3 atom stereocenters. The maximum absolute atomic E-state index is 17.3. The SMILES string of the molecule is CCc1c(F)ccc2cc(O)cc(-c3nc(OC)c4c(N5CCOCC(C)(O)C5)nc(OCC56CCCC5N(C5CC(C#N)C5)CCC6)nc4c3F)c12. The molecule has 4 heterocycles. The van der Waals surface area contributed by atoms with Gasteiger partial charge in [0.2, 0.25) is 5.88 Å². The summed E-state index contributed by atoms with van der Waals surface area (Å²) >= 11 is 0. The second-order valence-electron chi connectivity index (χ2n) is 15.6. The molecule has 0 bridgehead atoms. The standard InChI is InChI=1S/C40H46F2N6O5/c1-4-27-29(41)9-8-24-17-26(49)18-28(31(24)27)34-33(42)35-32(37(44-34)51-3)36(47-13-14-52-21-39(2,50)20-47)46-38(45-35)53-22-40-10-5-7-30(40)48(12-6-11-40)25-15-23(16-25)19-43/h8-9,17-18,23,25,30,49-50H,4-7,10-16,20-22H2,1-3H3. The summed E-state index contributed by atoms with van der Waals surface area (Å²) in [6, 6.07) is 8.93. The van der Waals surface area contributed by atoms with Gasteiger partial charge >= 0.3 is 6.01 Å². The van der Waals surface area contributed by atoms with E-state index in [0.717, 1.165) is 51.5 Å². The van der Waals surface area contributed by atoms with Crippen molar-refractivity contribution in [3.63, 3.8) is 0 Å². The number of phenolic OH excluding ortho intramolecular Hbond substituents is 1. The number of fused-ring (bicyclic) bond motifs is 3. The van der Waals surface area contributed by atoms with E-state index in [1.54, 1.807) is 13.0 Å². The number of nitrogens with zero attached hydrogens (tertiary/aromatic N) is 6.